The van der Waals surface area contributed by atoms with Crippen molar-refractivity contribution in [2.24, 2.45) is 5.92 Å². The quantitative estimate of drug-likeness (QED) is 0.630. The second kappa shape index (κ2) is 7.44. The molecule has 2 N–H and O–H groups in total. The molecule has 0 unspecified atom stereocenters. The number of halogens is 1. The first-order valence-corrected chi connectivity index (χ1v) is 6.97. The first-order chi connectivity index (χ1) is 6.64. The van der Waals surface area contributed by atoms with Crippen molar-refractivity contribution in [2.75, 3.05) is 25.4 Å². The van der Waals surface area contributed by atoms with Gasteiger partial charge in [0.15, 0.2) is 0 Å². The highest BCUT2D eigenvalue weighted by Crippen LogP contribution is 2.29. The summed E-state index contributed by atoms with van der Waals surface area (Å²) in [5.74, 6) is 0.747. The van der Waals surface area contributed by atoms with E-state index in [9.17, 15) is 8.42 Å². The van der Waals surface area contributed by atoms with Crippen LogP contribution >= 0.6 is 12.4 Å². The zero-order chi connectivity index (χ0) is 10.4. The van der Waals surface area contributed by atoms with E-state index < -0.39 is 10.0 Å². The average Bonchev–Trinajstić information content (AvgIpc) is 2.87. The molecule has 0 aromatic carbocycles. The summed E-state index contributed by atoms with van der Waals surface area (Å²) >= 11 is 0. The molecule has 4 nitrogen and oxygen atoms in total. The average molecular weight is 257 g/mol. The molecule has 0 bridgehead atoms. The Morgan fingerprint density at radius 2 is 1.87 bits per heavy atom. The Labute approximate surface area is 98.7 Å². The molecule has 0 atom stereocenters. The van der Waals surface area contributed by atoms with Crippen molar-refractivity contribution in [1.29, 1.82) is 0 Å². The predicted molar refractivity (Wildman–Crippen MR) is 64.9 cm³/mol. The molecule has 1 fully saturated rings. The summed E-state index contributed by atoms with van der Waals surface area (Å²) in [6, 6.07) is 0. The van der Waals surface area contributed by atoms with E-state index in [0.29, 0.717) is 18.2 Å². The molecule has 0 saturated heterocycles. The smallest absolute Gasteiger partial charge is 0.211 e. The van der Waals surface area contributed by atoms with Crippen molar-refractivity contribution in [3.8, 4) is 0 Å². The molecule has 0 radical (unpaired) electrons. The van der Waals surface area contributed by atoms with Crippen molar-refractivity contribution in [1.82, 2.24) is 10.0 Å². The third kappa shape index (κ3) is 8.02. The molecular weight excluding hydrogens is 236 g/mol. The van der Waals surface area contributed by atoms with Crippen LogP contribution < -0.4 is 10.0 Å². The van der Waals surface area contributed by atoms with Gasteiger partial charge in [-0.15, -0.1) is 12.4 Å². The summed E-state index contributed by atoms with van der Waals surface area (Å²) in [4.78, 5) is 0. The lowest BCUT2D eigenvalue weighted by atomic mass is 10.5. The van der Waals surface area contributed by atoms with Crippen LogP contribution in [0.2, 0.25) is 0 Å². The van der Waals surface area contributed by atoms with Gasteiger partial charge in [0.25, 0.3) is 0 Å². The van der Waals surface area contributed by atoms with Gasteiger partial charge in [-0.3, -0.25) is 0 Å². The fourth-order valence-corrected chi connectivity index (χ4v) is 2.74. The molecule has 0 aromatic heterocycles. The minimum absolute atomic E-state index is 0. The van der Waals surface area contributed by atoms with Crippen molar-refractivity contribution in [3.63, 3.8) is 0 Å². The van der Waals surface area contributed by atoms with Gasteiger partial charge in [-0.25, -0.2) is 13.1 Å². The van der Waals surface area contributed by atoms with Gasteiger partial charge < -0.3 is 5.32 Å². The van der Waals surface area contributed by atoms with E-state index in [-0.39, 0.29) is 12.4 Å². The van der Waals surface area contributed by atoms with Crippen LogP contribution in [-0.4, -0.2) is 33.8 Å². The number of sulfonamides is 1. The highest BCUT2D eigenvalue weighted by molar-refractivity contribution is 7.89. The maximum atomic E-state index is 11.4. The second-order valence-electron chi connectivity index (χ2n) is 3.87. The predicted octanol–water partition coefficient (Wildman–Crippen LogP) is 0.737. The lowest BCUT2D eigenvalue weighted by molar-refractivity contribution is 0.572. The molecule has 92 valence electrons. The van der Waals surface area contributed by atoms with Crippen LogP contribution in [0.3, 0.4) is 0 Å². The van der Waals surface area contributed by atoms with E-state index in [0.717, 1.165) is 32.4 Å². The molecule has 0 aliphatic heterocycles. The zero-order valence-corrected chi connectivity index (χ0v) is 10.8. The van der Waals surface area contributed by atoms with Gasteiger partial charge in [0.2, 0.25) is 10.0 Å². The Balaban J connectivity index is 0.00000196. The van der Waals surface area contributed by atoms with Crippen LogP contribution in [0.15, 0.2) is 0 Å². The zero-order valence-electron chi connectivity index (χ0n) is 9.16. The first-order valence-electron chi connectivity index (χ1n) is 5.32. The minimum Gasteiger partial charge on any atom is -0.315 e. The third-order valence-electron chi connectivity index (χ3n) is 2.20. The summed E-state index contributed by atoms with van der Waals surface area (Å²) in [5, 5.41) is 3.15. The van der Waals surface area contributed by atoms with Gasteiger partial charge in [-0.1, -0.05) is 6.92 Å². The normalized spacial score (nSPS) is 16.1. The molecule has 1 saturated carbocycles. The first kappa shape index (κ1) is 15.2. The Morgan fingerprint density at radius 3 is 2.40 bits per heavy atom. The SMILES string of the molecule is CCCNCCNS(=O)(=O)CC1CC1.Cl. The van der Waals surface area contributed by atoms with E-state index in [1.54, 1.807) is 0 Å². The van der Waals surface area contributed by atoms with Crippen LogP contribution in [0.5, 0.6) is 0 Å². The third-order valence-corrected chi connectivity index (χ3v) is 3.76. The topological polar surface area (TPSA) is 58.2 Å². The number of nitrogens with one attached hydrogen (secondary N) is 2. The summed E-state index contributed by atoms with van der Waals surface area (Å²) in [6.45, 7) is 4.27. The highest BCUT2D eigenvalue weighted by Gasteiger charge is 2.27. The van der Waals surface area contributed by atoms with Crippen LogP contribution in [0, 0.1) is 5.92 Å². The van der Waals surface area contributed by atoms with Crippen molar-refractivity contribution in [3.05, 3.63) is 0 Å². The fourth-order valence-electron chi connectivity index (χ4n) is 1.25. The minimum atomic E-state index is -3.00. The van der Waals surface area contributed by atoms with Crippen LogP contribution in [0.25, 0.3) is 0 Å². The van der Waals surface area contributed by atoms with Crippen LogP contribution in [-0.2, 0) is 10.0 Å². The Hall–Kier alpha value is 0.160. The van der Waals surface area contributed by atoms with Gasteiger partial charge >= 0.3 is 0 Å². The number of hydrogen-bond donors (Lipinski definition) is 2. The molecule has 1 rings (SSSR count). The summed E-state index contributed by atoms with van der Waals surface area (Å²) in [6.07, 6.45) is 3.23. The molecule has 15 heavy (non-hydrogen) atoms. The van der Waals surface area contributed by atoms with Crippen LogP contribution in [0.1, 0.15) is 26.2 Å². The maximum Gasteiger partial charge on any atom is 0.211 e. The molecule has 0 amide bonds. The number of rotatable bonds is 8. The van der Waals surface area contributed by atoms with Gasteiger partial charge in [0.1, 0.15) is 0 Å². The van der Waals surface area contributed by atoms with Crippen molar-refractivity contribution in [2.45, 2.75) is 26.2 Å². The molecule has 1 aliphatic carbocycles. The van der Waals surface area contributed by atoms with Crippen molar-refractivity contribution < 1.29 is 8.42 Å². The van der Waals surface area contributed by atoms with Gasteiger partial charge in [-0.05, 0) is 31.7 Å². The second-order valence-corrected chi connectivity index (χ2v) is 5.72. The van der Waals surface area contributed by atoms with Gasteiger partial charge in [-0.2, -0.15) is 0 Å². The molecule has 0 heterocycles. The standard InChI is InChI=1S/C9H20N2O2S.ClH/c1-2-5-10-6-7-11-14(12,13)8-9-3-4-9;/h9-11H,2-8H2,1H3;1H. The summed E-state index contributed by atoms with van der Waals surface area (Å²) in [7, 11) is -3.00. The summed E-state index contributed by atoms with van der Waals surface area (Å²) in [5.41, 5.74) is 0. The molecule has 0 spiro atoms. The Kier molecular flexibility index (Phi) is 7.52. The summed E-state index contributed by atoms with van der Waals surface area (Å²) < 4.78 is 25.3. The van der Waals surface area contributed by atoms with E-state index in [4.69, 9.17) is 0 Å². The lowest BCUT2D eigenvalue weighted by Crippen LogP contribution is -2.34. The van der Waals surface area contributed by atoms with Gasteiger partial charge in [0.05, 0.1) is 5.75 Å². The molecule has 1 aliphatic rings. The van der Waals surface area contributed by atoms with E-state index >= 15 is 0 Å². The largest absolute Gasteiger partial charge is 0.315 e. The molecule has 6 heteroatoms. The molecular formula is C9H21ClN2O2S. The van der Waals surface area contributed by atoms with E-state index in [1.807, 2.05) is 0 Å². The maximum absolute atomic E-state index is 11.4. The van der Waals surface area contributed by atoms with Gasteiger partial charge in [0, 0.05) is 13.1 Å². The van der Waals surface area contributed by atoms with E-state index in [1.165, 1.54) is 0 Å². The van der Waals surface area contributed by atoms with Crippen LogP contribution in [0.4, 0.5) is 0 Å². The van der Waals surface area contributed by atoms with Crippen molar-refractivity contribution >= 4 is 22.4 Å². The number of hydrogen-bond acceptors (Lipinski definition) is 3. The monoisotopic (exact) mass is 256 g/mol. The highest BCUT2D eigenvalue weighted by atomic mass is 35.5. The Bertz CT molecular complexity index is 253. The molecule has 0 aromatic rings. The fraction of sp³-hybridized carbons (Fsp3) is 1.00. The van der Waals surface area contributed by atoms with E-state index in [2.05, 4.69) is 17.0 Å². The lowest BCUT2D eigenvalue weighted by Gasteiger charge is -2.06. The Morgan fingerprint density at radius 1 is 1.20 bits per heavy atom.